The molecule has 0 saturated carbocycles. The number of rotatable bonds is 4. The Labute approximate surface area is 118 Å². The van der Waals surface area contributed by atoms with Gasteiger partial charge in [-0.1, -0.05) is 12.1 Å². The highest BCUT2D eigenvalue weighted by molar-refractivity contribution is 9.10. The van der Waals surface area contributed by atoms with E-state index in [2.05, 4.69) is 48.2 Å². The Morgan fingerprint density at radius 3 is 2.44 bits per heavy atom. The Morgan fingerprint density at radius 1 is 1.44 bits per heavy atom. The quantitative estimate of drug-likeness (QED) is 0.838. The monoisotopic (exact) mass is 311 g/mol. The number of halogens is 1. The fourth-order valence-corrected chi connectivity index (χ4v) is 2.48. The maximum Gasteiger partial charge on any atom is 0.0762 e. The molecule has 100 valence electrons. The average Bonchev–Trinajstić information content (AvgIpc) is 2.24. The maximum atomic E-state index is 9.59. The molecule has 0 aliphatic carbocycles. The van der Waals surface area contributed by atoms with Crippen LogP contribution < -0.4 is 4.90 Å². The van der Waals surface area contributed by atoms with Crippen LogP contribution in [0, 0.1) is 0 Å². The van der Waals surface area contributed by atoms with Crippen LogP contribution in [-0.4, -0.2) is 17.2 Å². The first-order chi connectivity index (χ1) is 8.27. The smallest absolute Gasteiger partial charge is 0.0762 e. The highest BCUT2D eigenvalue weighted by Crippen LogP contribution is 2.33. The van der Waals surface area contributed by atoms with Crippen molar-refractivity contribution in [3.63, 3.8) is 0 Å². The molecule has 0 fully saturated rings. The van der Waals surface area contributed by atoms with E-state index >= 15 is 0 Å². The highest BCUT2D eigenvalue weighted by atomic mass is 79.9. The summed E-state index contributed by atoms with van der Waals surface area (Å²) in [7, 11) is 0. The molecule has 0 aliphatic rings. The third-order valence-corrected chi connectivity index (χ3v) is 3.50. The molecule has 3 heteroatoms. The Morgan fingerprint density at radius 2 is 2.06 bits per heavy atom. The van der Waals surface area contributed by atoms with Gasteiger partial charge in [0, 0.05) is 16.6 Å². The van der Waals surface area contributed by atoms with Crippen LogP contribution in [-0.2, 0) is 0 Å². The fourth-order valence-electron chi connectivity index (χ4n) is 1.86. The lowest BCUT2D eigenvalue weighted by Crippen LogP contribution is -2.41. The third-order valence-electron chi connectivity index (χ3n) is 2.87. The topological polar surface area (TPSA) is 23.5 Å². The summed E-state index contributed by atoms with van der Waals surface area (Å²) in [6.45, 7) is 12.9. The van der Waals surface area contributed by atoms with E-state index in [1.807, 2.05) is 24.3 Å². The number of anilines is 1. The van der Waals surface area contributed by atoms with E-state index < -0.39 is 6.10 Å². The summed E-state index contributed by atoms with van der Waals surface area (Å²) >= 11 is 3.59. The number of benzene rings is 1. The summed E-state index contributed by atoms with van der Waals surface area (Å²) in [4.78, 5) is 2.27. The summed E-state index contributed by atoms with van der Waals surface area (Å²) in [5, 5.41) is 9.59. The summed E-state index contributed by atoms with van der Waals surface area (Å²) in [6.07, 6.45) is 1.46. The normalized spacial score (nSPS) is 13.2. The van der Waals surface area contributed by atoms with Gasteiger partial charge >= 0.3 is 0 Å². The van der Waals surface area contributed by atoms with Crippen LogP contribution in [0.3, 0.4) is 0 Å². The van der Waals surface area contributed by atoms with Gasteiger partial charge in [0.1, 0.15) is 0 Å². The van der Waals surface area contributed by atoms with Gasteiger partial charge in [0.15, 0.2) is 0 Å². The van der Waals surface area contributed by atoms with Gasteiger partial charge in [-0.05, 0) is 61.3 Å². The number of hydrogen-bond donors (Lipinski definition) is 1. The predicted octanol–water partition coefficient (Wildman–Crippen LogP) is 4.29. The van der Waals surface area contributed by atoms with E-state index in [1.165, 1.54) is 0 Å². The first-order valence-electron chi connectivity index (χ1n) is 6.13. The molecule has 2 nitrogen and oxygen atoms in total. The minimum Gasteiger partial charge on any atom is -0.389 e. The zero-order chi connectivity index (χ0) is 13.9. The first-order valence-corrected chi connectivity index (χ1v) is 6.92. The van der Waals surface area contributed by atoms with Crippen molar-refractivity contribution in [3.05, 3.63) is 40.9 Å². The summed E-state index contributed by atoms with van der Waals surface area (Å²) in [5.41, 5.74) is 2.05. The zero-order valence-corrected chi connectivity index (χ0v) is 13.2. The van der Waals surface area contributed by atoms with Crippen molar-refractivity contribution in [1.82, 2.24) is 0 Å². The summed E-state index contributed by atoms with van der Waals surface area (Å²) < 4.78 is 0.998. The molecule has 1 N–H and O–H groups in total. The van der Waals surface area contributed by atoms with Crippen LogP contribution in [0.4, 0.5) is 5.69 Å². The van der Waals surface area contributed by atoms with E-state index in [0.717, 1.165) is 22.3 Å². The van der Waals surface area contributed by atoms with Crippen molar-refractivity contribution < 1.29 is 5.11 Å². The van der Waals surface area contributed by atoms with Gasteiger partial charge in [-0.2, -0.15) is 0 Å². The zero-order valence-electron chi connectivity index (χ0n) is 11.6. The van der Waals surface area contributed by atoms with Crippen LogP contribution in [0.2, 0.25) is 0 Å². The molecule has 0 radical (unpaired) electrons. The minimum atomic E-state index is -0.446. The van der Waals surface area contributed by atoms with Crippen molar-refractivity contribution in [2.75, 3.05) is 11.4 Å². The molecule has 0 heterocycles. The lowest BCUT2D eigenvalue weighted by Gasteiger charge is -2.37. The molecule has 0 unspecified atom stereocenters. The van der Waals surface area contributed by atoms with Gasteiger partial charge in [0.25, 0.3) is 0 Å². The van der Waals surface area contributed by atoms with Crippen molar-refractivity contribution >= 4 is 21.6 Å². The molecule has 0 aromatic heterocycles. The number of aliphatic hydroxyl groups is 1. The standard InChI is InChI=1S/C15H22BrNO/c1-6-9-17(15(3,4)5)14-8-7-12(11(2)18)10-13(14)16/h6-8,10-11,18H,1,9H2,2-5H3/t11-/m0/s1. The molecule has 0 amide bonds. The number of aliphatic hydroxyl groups excluding tert-OH is 1. The van der Waals surface area contributed by atoms with Crippen LogP contribution >= 0.6 is 15.9 Å². The van der Waals surface area contributed by atoms with Gasteiger partial charge in [-0.3, -0.25) is 0 Å². The van der Waals surface area contributed by atoms with Crippen molar-refractivity contribution in [3.8, 4) is 0 Å². The van der Waals surface area contributed by atoms with Gasteiger partial charge in [-0.15, -0.1) is 6.58 Å². The van der Waals surface area contributed by atoms with Crippen LogP contribution in [0.5, 0.6) is 0 Å². The van der Waals surface area contributed by atoms with Crippen molar-refractivity contribution in [1.29, 1.82) is 0 Å². The Kier molecular flexibility index (Phi) is 5.00. The Hall–Kier alpha value is -0.800. The summed E-state index contributed by atoms with van der Waals surface area (Å²) in [6, 6.07) is 5.98. The SMILES string of the molecule is C=CCN(c1ccc([C@H](C)O)cc1Br)C(C)(C)C. The highest BCUT2D eigenvalue weighted by Gasteiger charge is 2.22. The van der Waals surface area contributed by atoms with Crippen molar-refractivity contribution in [2.45, 2.75) is 39.3 Å². The van der Waals surface area contributed by atoms with Crippen molar-refractivity contribution in [2.24, 2.45) is 0 Å². The third kappa shape index (κ3) is 3.59. The molecule has 1 aromatic carbocycles. The molecule has 1 rings (SSSR count). The average molecular weight is 312 g/mol. The molecule has 0 saturated heterocycles. The summed E-state index contributed by atoms with van der Waals surface area (Å²) in [5.74, 6) is 0. The minimum absolute atomic E-state index is 0.0169. The molecule has 1 aromatic rings. The second-order valence-corrected chi connectivity index (χ2v) is 6.31. The molecule has 0 bridgehead atoms. The number of hydrogen-bond acceptors (Lipinski definition) is 2. The van der Waals surface area contributed by atoms with Crippen LogP contribution in [0.15, 0.2) is 35.3 Å². The van der Waals surface area contributed by atoms with E-state index in [0.29, 0.717) is 0 Å². The van der Waals surface area contributed by atoms with Gasteiger partial charge < -0.3 is 10.0 Å². The lowest BCUT2D eigenvalue weighted by atomic mass is 10.0. The maximum absolute atomic E-state index is 9.59. The largest absolute Gasteiger partial charge is 0.389 e. The molecule has 0 spiro atoms. The fraction of sp³-hybridized carbons (Fsp3) is 0.467. The molecular formula is C15H22BrNO. The number of nitrogens with zero attached hydrogens (tertiary/aromatic N) is 1. The van der Waals surface area contributed by atoms with Crippen LogP contribution in [0.25, 0.3) is 0 Å². The molecular weight excluding hydrogens is 290 g/mol. The predicted molar refractivity (Wildman–Crippen MR) is 82.1 cm³/mol. The first kappa shape index (κ1) is 15.3. The van der Waals surface area contributed by atoms with E-state index in [9.17, 15) is 5.11 Å². The molecule has 1 atom stereocenters. The Bertz CT molecular complexity index is 421. The second-order valence-electron chi connectivity index (χ2n) is 5.46. The molecule has 18 heavy (non-hydrogen) atoms. The van der Waals surface area contributed by atoms with Gasteiger partial charge in [0.2, 0.25) is 0 Å². The van der Waals surface area contributed by atoms with E-state index in [1.54, 1.807) is 6.92 Å². The van der Waals surface area contributed by atoms with Gasteiger partial charge in [-0.25, -0.2) is 0 Å². The van der Waals surface area contributed by atoms with Gasteiger partial charge in [0.05, 0.1) is 11.8 Å². The Balaban J connectivity index is 3.18. The van der Waals surface area contributed by atoms with E-state index in [4.69, 9.17) is 0 Å². The lowest BCUT2D eigenvalue weighted by molar-refractivity contribution is 0.199. The second kappa shape index (κ2) is 5.89. The van der Waals surface area contributed by atoms with E-state index in [-0.39, 0.29) is 5.54 Å². The molecule has 0 aliphatic heterocycles. The van der Waals surface area contributed by atoms with Crippen LogP contribution in [0.1, 0.15) is 39.4 Å².